The van der Waals surface area contributed by atoms with Crippen LogP contribution in [0.3, 0.4) is 0 Å². The molecule has 0 radical (unpaired) electrons. The van der Waals surface area contributed by atoms with E-state index in [9.17, 15) is 5.11 Å². The van der Waals surface area contributed by atoms with Gasteiger partial charge >= 0.3 is 0 Å². The van der Waals surface area contributed by atoms with Crippen LogP contribution >= 0.6 is 0 Å². The second-order valence-corrected chi connectivity index (χ2v) is 3.29. The smallest absolute Gasteiger partial charge is 0.187 e. The Balaban J connectivity index is 2.68. The van der Waals surface area contributed by atoms with Crippen molar-refractivity contribution < 1.29 is 19.3 Å². The quantitative estimate of drug-likeness (QED) is 0.636. The van der Waals surface area contributed by atoms with E-state index in [1.54, 1.807) is 7.11 Å². The second kappa shape index (κ2) is 4.34. The Morgan fingerprint density at radius 2 is 1.69 bits per heavy atom. The maximum Gasteiger partial charge on any atom is 0.187 e. The van der Waals surface area contributed by atoms with E-state index in [0.29, 0.717) is 0 Å². The van der Waals surface area contributed by atoms with Crippen LogP contribution < -0.4 is 0 Å². The fraction of sp³-hybridized carbons (Fsp3) is 1.00. The zero-order valence-corrected chi connectivity index (χ0v) is 8.43. The second-order valence-electron chi connectivity index (χ2n) is 3.29. The summed E-state index contributed by atoms with van der Waals surface area (Å²) in [5, 5.41) is 9.75. The highest BCUT2D eigenvalue weighted by atomic mass is 16.8. The SMILES string of the molecule is CO[C@@H]1O[C@H](OC)[C@H](N(C)C)[C@@H]1O. The monoisotopic (exact) mass is 191 g/mol. The van der Waals surface area contributed by atoms with E-state index in [4.69, 9.17) is 14.2 Å². The molecule has 0 bridgehead atoms. The van der Waals surface area contributed by atoms with E-state index in [-0.39, 0.29) is 6.04 Å². The van der Waals surface area contributed by atoms with Crippen LogP contribution in [0.25, 0.3) is 0 Å². The van der Waals surface area contributed by atoms with Gasteiger partial charge in [0.25, 0.3) is 0 Å². The molecule has 1 heterocycles. The summed E-state index contributed by atoms with van der Waals surface area (Å²) in [6.07, 6.45) is -1.71. The first-order valence-electron chi connectivity index (χ1n) is 4.17. The summed E-state index contributed by atoms with van der Waals surface area (Å²) in [7, 11) is 6.77. The maximum absolute atomic E-state index is 9.75. The number of rotatable bonds is 3. The Labute approximate surface area is 78.2 Å². The Morgan fingerprint density at radius 1 is 1.15 bits per heavy atom. The zero-order chi connectivity index (χ0) is 10.0. The van der Waals surface area contributed by atoms with Gasteiger partial charge in [-0.25, -0.2) is 0 Å². The largest absolute Gasteiger partial charge is 0.386 e. The summed E-state index contributed by atoms with van der Waals surface area (Å²) in [6, 6.07) is -0.185. The lowest BCUT2D eigenvalue weighted by atomic mass is 10.1. The lowest BCUT2D eigenvalue weighted by molar-refractivity contribution is -0.202. The number of hydrogen-bond acceptors (Lipinski definition) is 5. The molecule has 0 amide bonds. The number of nitrogens with zero attached hydrogens (tertiary/aromatic N) is 1. The fourth-order valence-electron chi connectivity index (χ4n) is 1.55. The molecule has 0 aromatic heterocycles. The van der Waals surface area contributed by atoms with Crippen molar-refractivity contribution in [3.8, 4) is 0 Å². The number of aliphatic hydroxyl groups is 1. The van der Waals surface area contributed by atoms with Crippen molar-refractivity contribution in [2.24, 2.45) is 0 Å². The molecule has 1 aliphatic rings. The van der Waals surface area contributed by atoms with Gasteiger partial charge in [0, 0.05) is 14.2 Å². The molecule has 0 aromatic carbocycles. The lowest BCUT2D eigenvalue weighted by Crippen LogP contribution is -2.44. The van der Waals surface area contributed by atoms with Gasteiger partial charge in [-0.15, -0.1) is 0 Å². The van der Waals surface area contributed by atoms with Crippen molar-refractivity contribution in [2.45, 2.75) is 24.7 Å². The van der Waals surface area contributed by atoms with Crippen molar-refractivity contribution in [3.63, 3.8) is 0 Å². The predicted octanol–water partition coefficient (Wildman–Crippen LogP) is -0.747. The standard InChI is InChI=1S/C8H17NO4/c1-9(2)5-6(10)8(12-4)13-7(5)11-3/h5-8,10H,1-4H3/t5-,6+,7+,8-/m1/s1. The fourth-order valence-corrected chi connectivity index (χ4v) is 1.55. The number of aliphatic hydroxyl groups excluding tert-OH is 1. The third kappa shape index (κ3) is 2.00. The summed E-state index contributed by atoms with van der Waals surface area (Å²) in [5.41, 5.74) is 0. The van der Waals surface area contributed by atoms with E-state index >= 15 is 0 Å². The van der Waals surface area contributed by atoms with Crippen LogP contribution in [0.5, 0.6) is 0 Å². The summed E-state index contributed by atoms with van der Waals surface area (Å²) in [5.74, 6) is 0. The van der Waals surface area contributed by atoms with Crippen LogP contribution in [-0.2, 0) is 14.2 Å². The normalized spacial score (nSPS) is 40.2. The molecule has 1 saturated heterocycles. The first kappa shape index (κ1) is 10.9. The van der Waals surface area contributed by atoms with Crippen LogP contribution in [0.4, 0.5) is 0 Å². The van der Waals surface area contributed by atoms with Crippen LogP contribution in [0.2, 0.25) is 0 Å². The molecule has 1 fully saturated rings. The van der Waals surface area contributed by atoms with Crippen LogP contribution in [0, 0.1) is 0 Å². The predicted molar refractivity (Wildman–Crippen MR) is 46.2 cm³/mol. The van der Waals surface area contributed by atoms with Crippen molar-refractivity contribution in [1.82, 2.24) is 4.90 Å². The molecular weight excluding hydrogens is 174 g/mol. The molecule has 0 saturated carbocycles. The van der Waals surface area contributed by atoms with Crippen molar-refractivity contribution >= 4 is 0 Å². The van der Waals surface area contributed by atoms with E-state index in [2.05, 4.69) is 0 Å². The molecule has 0 aromatic rings. The molecule has 1 aliphatic heterocycles. The van der Waals surface area contributed by atoms with Crippen molar-refractivity contribution in [3.05, 3.63) is 0 Å². The van der Waals surface area contributed by atoms with Gasteiger partial charge < -0.3 is 19.3 Å². The highest BCUT2D eigenvalue weighted by Gasteiger charge is 2.45. The average Bonchev–Trinajstić information content (AvgIpc) is 2.41. The summed E-state index contributed by atoms with van der Waals surface area (Å²) >= 11 is 0. The molecule has 1 N–H and O–H groups in total. The van der Waals surface area contributed by atoms with Gasteiger partial charge in [0.1, 0.15) is 6.10 Å². The summed E-state index contributed by atoms with van der Waals surface area (Å²) in [4.78, 5) is 1.86. The third-order valence-electron chi connectivity index (χ3n) is 2.24. The molecular formula is C8H17NO4. The number of hydrogen-bond donors (Lipinski definition) is 1. The van der Waals surface area contributed by atoms with Crippen molar-refractivity contribution in [2.75, 3.05) is 28.3 Å². The minimum absolute atomic E-state index is 0.185. The van der Waals surface area contributed by atoms with Crippen LogP contribution in [-0.4, -0.2) is 63.0 Å². The molecule has 13 heavy (non-hydrogen) atoms. The molecule has 5 nitrogen and oxygen atoms in total. The number of likely N-dealkylation sites (N-methyl/N-ethyl adjacent to an activating group) is 1. The summed E-state index contributed by atoms with van der Waals surface area (Å²) in [6.45, 7) is 0. The minimum Gasteiger partial charge on any atom is -0.386 e. The van der Waals surface area contributed by atoms with E-state index in [1.807, 2.05) is 19.0 Å². The van der Waals surface area contributed by atoms with Gasteiger partial charge in [0.05, 0.1) is 6.04 Å². The van der Waals surface area contributed by atoms with Gasteiger partial charge in [-0.05, 0) is 14.1 Å². The van der Waals surface area contributed by atoms with Crippen LogP contribution in [0.15, 0.2) is 0 Å². The topological polar surface area (TPSA) is 51.2 Å². The van der Waals surface area contributed by atoms with E-state index in [1.165, 1.54) is 7.11 Å². The highest BCUT2D eigenvalue weighted by molar-refractivity contribution is 4.87. The van der Waals surface area contributed by atoms with E-state index in [0.717, 1.165) is 0 Å². The van der Waals surface area contributed by atoms with Gasteiger partial charge in [-0.3, -0.25) is 4.90 Å². The van der Waals surface area contributed by atoms with Crippen LogP contribution in [0.1, 0.15) is 0 Å². The Morgan fingerprint density at radius 3 is 2.00 bits per heavy atom. The van der Waals surface area contributed by atoms with Gasteiger partial charge in [-0.2, -0.15) is 0 Å². The molecule has 78 valence electrons. The van der Waals surface area contributed by atoms with Crippen molar-refractivity contribution in [1.29, 1.82) is 0 Å². The Bertz CT molecular complexity index is 162. The average molecular weight is 191 g/mol. The molecule has 0 unspecified atom stereocenters. The molecule has 0 aliphatic carbocycles. The molecule has 1 rings (SSSR count). The highest BCUT2D eigenvalue weighted by Crippen LogP contribution is 2.24. The first-order valence-corrected chi connectivity index (χ1v) is 4.17. The van der Waals surface area contributed by atoms with Gasteiger partial charge in [0.2, 0.25) is 0 Å². The molecule has 0 spiro atoms. The maximum atomic E-state index is 9.75. The van der Waals surface area contributed by atoms with E-state index < -0.39 is 18.7 Å². The molecule has 4 atom stereocenters. The lowest BCUT2D eigenvalue weighted by Gasteiger charge is -2.25. The van der Waals surface area contributed by atoms with Gasteiger partial charge in [0.15, 0.2) is 12.6 Å². The first-order chi connectivity index (χ1) is 6.11. The Hall–Kier alpha value is -0.200. The number of ether oxygens (including phenoxy) is 3. The third-order valence-corrected chi connectivity index (χ3v) is 2.24. The minimum atomic E-state index is -0.676. The number of methoxy groups -OCH3 is 2. The Kier molecular flexibility index (Phi) is 3.63. The zero-order valence-electron chi connectivity index (χ0n) is 8.43. The molecule has 5 heteroatoms. The summed E-state index contributed by atoms with van der Waals surface area (Å²) < 4.78 is 15.4. The van der Waals surface area contributed by atoms with Gasteiger partial charge in [-0.1, -0.05) is 0 Å².